The first kappa shape index (κ1) is 33.6. The number of urea groups is 1. The van der Waals surface area contributed by atoms with Gasteiger partial charge in [-0.3, -0.25) is 14.6 Å². The van der Waals surface area contributed by atoms with Crippen LogP contribution in [0.1, 0.15) is 36.4 Å². The Morgan fingerprint density at radius 3 is 1.87 bits per heavy atom. The maximum Gasteiger partial charge on any atom is 0.469 e. The number of hydrogen-bond acceptors (Lipinski definition) is 3. The molecular weight excluding hydrogens is 675 g/mol. The number of carbonyl (C=O) groups is 3. The third-order valence-corrected chi connectivity index (χ3v) is 8.16. The number of fused-ring (bicyclic) bond motifs is 5. The number of carbonyl (C=O) groups excluding carboxylic acids is 3. The Kier molecular flexibility index (Phi) is 7.01. The van der Waals surface area contributed by atoms with Crippen LogP contribution < -0.4 is 0 Å². The minimum atomic E-state index is -8.55. The Bertz CT molecular complexity index is 1600. The SMILES string of the molecule is O=C1C2=C3C[C@@H](C=[N+]3C(=O)C(F)(F)C(F)(F)C(F)(F)C(F)(F)C(F)(F)C(F)(F)C(F)(F)F)N2C(=O)N1C1CCCc2ccccc21. The van der Waals surface area contributed by atoms with E-state index in [1.807, 2.05) is 0 Å². The van der Waals surface area contributed by atoms with Gasteiger partial charge in [-0.05, 0) is 30.4 Å². The lowest BCUT2D eigenvalue weighted by Gasteiger charge is -2.40. The van der Waals surface area contributed by atoms with Crippen molar-refractivity contribution in [2.24, 2.45) is 0 Å². The second-order valence-electron chi connectivity index (χ2n) is 10.8. The molecule has 0 radical (unpaired) electrons. The van der Waals surface area contributed by atoms with Crippen LogP contribution in [0.4, 0.5) is 70.7 Å². The highest BCUT2D eigenvalue weighted by Crippen LogP contribution is 2.62. The van der Waals surface area contributed by atoms with Crippen molar-refractivity contribution in [1.82, 2.24) is 9.80 Å². The first-order valence-electron chi connectivity index (χ1n) is 12.8. The van der Waals surface area contributed by atoms with E-state index in [0.29, 0.717) is 28.2 Å². The van der Waals surface area contributed by atoms with Gasteiger partial charge in [0.15, 0.2) is 11.9 Å². The summed E-state index contributed by atoms with van der Waals surface area (Å²) >= 11 is 0. The van der Waals surface area contributed by atoms with Crippen molar-refractivity contribution in [2.75, 3.05) is 0 Å². The number of alkyl halides is 15. The Morgan fingerprint density at radius 2 is 1.28 bits per heavy atom. The van der Waals surface area contributed by atoms with Gasteiger partial charge in [-0.1, -0.05) is 24.3 Å². The van der Waals surface area contributed by atoms with Gasteiger partial charge < -0.3 is 0 Å². The van der Waals surface area contributed by atoms with E-state index in [2.05, 4.69) is 0 Å². The van der Waals surface area contributed by atoms with Gasteiger partial charge in [-0.15, -0.1) is 4.58 Å². The molecule has 252 valence electrons. The van der Waals surface area contributed by atoms with Gasteiger partial charge in [0.05, 0.1) is 12.5 Å². The van der Waals surface area contributed by atoms with Crippen molar-refractivity contribution < 1.29 is 84.8 Å². The van der Waals surface area contributed by atoms with Crippen LogP contribution in [-0.4, -0.2) is 86.2 Å². The third-order valence-electron chi connectivity index (χ3n) is 8.16. The van der Waals surface area contributed by atoms with Crippen molar-refractivity contribution >= 4 is 24.1 Å². The molecule has 4 aliphatic rings. The van der Waals surface area contributed by atoms with E-state index in [1.165, 1.54) is 0 Å². The molecule has 2 atom stereocenters. The second-order valence-corrected chi connectivity index (χ2v) is 10.8. The number of halogens is 15. The van der Waals surface area contributed by atoms with E-state index >= 15 is 0 Å². The number of imide groups is 1. The molecule has 3 heterocycles. The largest absolute Gasteiger partial charge is 0.469 e. The molecule has 46 heavy (non-hydrogen) atoms. The summed E-state index contributed by atoms with van der Waals surface area (Å²) in [5, 5.41) is 0. The van der Waals surface area contributed by atoms with E-state index in [-0.39, 0.29) is 12.6 Å². The van der Waals surface area contributed by atoms with E-state index in [1.54, 1.807) is 24.3 Å². The zero-order chi connectivity index (χ0) is 34.8. The standard InChI is InChI=1S/C25H15F15N3O3/c26-19(27,20(28,29)21(30,31)22(32,33)23(34,35)24(36,37)25(38,39)40)17(45)41-9-11-8-14(41)15-16(44)43(18(46)42(11)15)13-7-3-5-10-4-1-2-6-12(10)13/h1-2,4,6,9,11,13H,3,5,7-8H2/q+1/t11-,13?/m0/s1. The molecule has 4 amide bonds. The lowest BCUT2D eigenvalue weighted by atomic mass is 9.87. The van der Waals surface area contributed by atoms with Gasteiger partial charge >= 0.3 is 53.6 Å². The fraction of sp³-hybridized carbons (Fsp3) is 0.520. The second kappa shape index (κ2) is 9.61. The van der Waals surface area contributed by atoms with Gasteiger partial charge in [0, 0.05) is 0 Å². The van der Waals surface area contributed by atoms with Crippen LogP contribution in [0, 0.1) is 0 Å². The zero-order valence-electron chi connectivity index (χ0n) is 22.1. The summed E-state index contributed by atoms with van der Waals surface area (Å²) in [4.78, 5) is 40.4. The minimum absolute atomic E-state index is 0.202. The molecule has 1 saturated heterocycles. The number of hydrogen-bond donors (Lipinski definition) is 0. The number of amides is 4. The Hall–Kier alpha value is -3.81. The van der Waals surface area contributed by atoms with Crippen LogP contribution >= 0.6 is 0 Å². The van der Waals surface area contributed by atoms with Crippen LogP contribution in [0.25, 0.3) is 0 Å². The Morgan fingerprint density at radius 1 is 0.739 bits per heavy atom. The average Bonchev–Trinajstić information content (AvgIpc) is 3.62. The summed E-state index contributed by atoms with van der Waals surface area (Å²) in [6, 6.07) is 2.94. The van der Waals surface area contributed by atoms with Crippen molar-refractivity contribution in [1.29, 1.82) is 0 Å². The third kappa shape index (κ3) is 3.94. The lowest BCUT2D eigenvalue weighted by Crippen LogP contribution is -2.73. The number of nitrogens with zero attached hydrogens (tertiary/aromatic N) is 3. The smallest absolute Gasteiger partial charge is 0.270 e. The highest BCUT2D eigenvalue weighted by Gasteiger charge is 2.95. The van der Waals surface area contributed by atoms with Gasteiger partial charge in [-0.2, -0.15) is 65.9 Å². The monoisotopic (exact) mass is 690 g/mol. The molecule has 3 aliphatic heterocycles. The fourth-order valence-corrected chi connectivity index (χ4v) is 5.78. The summed E-state index contributed by atoms with van der Waals surface area (Å²) in [6.07, 6.45) is -7.07. The minimum Gasteiger partial charge on any atom is -0.270 e. The lowest BCUT2D eigenvalue weighted by molar-refractivity contribution is -0.463. The van der Waals surface area contributed by atoms with Crippen molar-refractivity contribution in [3.05, 3.63) is 46.8 Å². The normalized spacial score (nSPS) is 22.9. The quantitative estimate of drug-likeness (QED) is 0.192. The van der Waals surface area contributed by atoms with Crippen molar-refractivity contribution in [3.8, 4) is 0 Å². The molecule has 1 unspecified atom stereocenters. The van der Waals surface area contributed by atoms with E-state index in [9.17, 15) is 80.2 Å². The van der Waals surface area contributed by atoms with Gasteiger partial charge in [0.25, 0.3) is 5.91 Å². The maximum absolute atomic E-state index is 14.7. The fourth-order valence-electron chi connectivity index (χ4n) is 5.78. The number of aryl methyl sites for hydroxylation is 1. The molecule has 2 bridgehead atoms. The van der Waals surface area contributed by atoms with Crippen LogP contribution in [0.2, 0.25) is 0 Å². The molecule has 1 aliphatic carbocycles. The van der Waals surface area contributed by atoms with E-state index in [0.717, 1.165) is 5.56 Å². The van der Waals surface area contributed by atoms with Crippen LogP contribution in [0.15, 0.2) is 35.7 Å². The average molecular weight is 690 g/mol. The maximum atomic E-state index is 14.7. The molecule has 1 aromatic rings. The Balaban J connectivity index is 1.49. The summed E-state index contributed by atoms with van der Waals surface area (Å²) in [6.45, 7) is 0. The van der Waals surface area contributed by atoms with E-state index < -0.39 is 94.0 Å². The molecule has 0 spiro atoms. The molecule has 0 N–H and O–H groups in total. The summed E-state index contributed by atoms with van der Waals surface area (Å²) in [5.74, 6) is -53.7. The predicted molar refractivity (Wildman–Crippen MR) is 119 cm³/mol. The molecule has 1 fully saturated rings. The molecule has 1 aromatic carbocycles. The first-order valence-corrected chi connectivity index (χ1v) is 12.8. The molecule has 21 heteroatoms. The van der Waals surface area contributed by atoms with Crippen LogP contribution in [0.5, 0.6) is 0 Å². The van der Waals surface area contributed by atoms with Crippen LogP contribution in [-0.2, 0) is 16.0 Å². The van der Waals surface area contributed by atoms with Crippen LogP contribution in [0.3, 0.4) is 0 Å². The molecule has 0 saturated carbocycles. The topological polar surface area (TPSA) is 60.7 Å². The molecule has 5 rings (SSSR count). The predicted octanol–water partition coefficient (Wildman–Crippen LogP) is 6.31. The summed E-state index contributed by atoms with van der Waals surface area (Å²) in [7, 11) is 0. The molecule has 0 aromatic heterocycles. The highest BCUT2D eigenvalue weighted by molar-refractivity contribution is 6.14. The zero-order valence-corrected chi connectivity index (χ0v) is 22.1. The van der Waals surface area contributed by atoms with E-state index in [4.69, 9.17) is 0 Å². The van der Waals surface area contributed by atoms with Gasteiger partial charge in [0.2, 0.25) is 5.70 Å². The van der Waals surface area contributed by atoms with Crippen molar-refractivity contribution in [2.45, 2.75) is 79.5 Å². The van der Waals surface area contributed by atoms with Crippen molar-refractivity contribution in [3.63, 3.8) is 0 Å². The molecular formula is C25H15F15N3O3+. The van der Waals surface area contributed by atoms with Gasteiger partial charge in [0.1, 0.15) is 6.04 Å². The first-order chi connectivity index (χ1) is 20.8. The van der Waals surface area contributed by atoms with Gasteiger partial charge in [-0.25, -0.2) is 9.59 Å². The highest BCUT2D eigenvalue weighted by atomic mass is 19.4. The molecule has 6 nitrogen and oxygen atoms in total. The Labute approximate surface area is 245 Å². The number of benzene rings is 1. The number of rotatable bonds is 7. The summed E-state index contributed by atoms with van der Waals surface area (Å²) < 4.78 is 204. The summed E-state index contributed by atoms with van der Waals surface area (Å²) in [5.41, 5.74) is -0.608.